The summed E-state index contributed by atoms with van der Waals surface area (Å²) in [4.78, 5) is 28.4. The largest absolute Gasteiger partial charge is 0.497 e. The van der Waals surface area contributed by atoms with Gasteiger partial charge in [0.1, 0.15) is 11.5 Å². The molecule has 2 fully saturated rings. The number of fused-ring (bicyclic) bond motifs is 5. The summed E-state index contributed by atoms with van der Waals surface area (Å²) >= 11 is 6.23. The number of halogens is 4. The van der Waals surface area contributed by atoms with Gasteiger partial charge in [-0.15, -0.1) is 0 Å². The summed E-state index contributed by atoms with van der Waals surface area (Å²) in [5.41, 5.74) is 2.38. The first kappa shape index (κ1) is 26.2. The average molecular weight is 566 g/mol. The summed E-state index contributed by atoms with van der Waals surface area (Å²) in [7, 11) is 3.17. The van der Waals surface area contributed by atoms with Crippen molar-refractivity contribution >= 4 is 34.7 Å². The summed E-state index contributed by atoms with van der Waals surface area (Å²) < 4.78 is 51.0. The van der Waals surface area contributed by atoms with E-state index in [1.165, 1.54) is 0 Å². The SMILES string of the molecule is COc1ccc(C(=C2[C@H]3C=C[C@H]2[C@H]2C(=O)N(c4cc(C(F)(F)F)ccc4Cl)C(=O)[C@@H]23)c2ccc(OC)cc2)cc1. The van der Waals surface area contributed by atoms with Crippen LogP contribution in [0.25, 0.3) is 5.57 Å². The zero-order valence-electron chi connectivity index (χ0n) is 21.4. The molecule has 4 atom stereocenters. The summed E-state index contributed by atoms with van der Waals surface area (Å²) in [5.74, 6) is -2.01. The molecule has 204 valence electrons. The number of carbonyl (C=O) groups excluding carboxylic acids is 2. The lowest BCUT2D eigenvalue weighted by molar-refractivity contribution is -0.137. The normalized spacial score (nSPS) is 23.1. The van der Waals surface area contributed by atoms with Gasteiger partial charge in [0, 0.05) is 11.8 Å². The van der Waals surface area contributed by atoms with Gasteiger partial charge in [0.05, 0.1) is 42.3 Å². The molecule has 0 spiro atoms. The molecule has 0 unspecified atom stereocenters. The van der Waals surface area contributed by atoms with Crippen molar-refractivity contribution in [3.63, 3.8) is 0 Å². The van der Waals surface area contributed by atoms with Gasteiger partial charge < -0.3 is 9.47 Å². The van der Waals surface area contributed by atoms with Gasteiger partial charge >= 0.3 is 6.18 Å². The first-order chi connectivity index (χ1) is 19.1. The second-order valence-corrected chi connectivity index (χ2v) is 10.4. The van der Waals surface area contributed by atoms with Crippen LogP contribution in [0, 0.1) is 23.7 Å². The maximum absolute atomic E-state index is 13.8. The smallest absolute Gasteiger partial charge is 0.416 e. The van der Waals surface area contributed by atoms with Crippen LogP contribution in [-0.2, 0) is 15.8 Å². The Morgan fingerprint density at radius 3 is 1.68 bits per heavy atom. The first-order valence-electron chi connectivity index (χ1n) is 12.6. The van der Waals surface area contributed by atoms with Gasteiger partial charge in [-0.25, -0.2) is 4.90 Å². The fourth-order valence-corrected chi connectivity index (χ4v) is 6.41. The first-order valence-corrected chi connectivity index (χ1v) is 13.0. The summed E-state index contributed by atoms with van der Waals surface area (Å²) in [5, 5.41) is -0.0945. The number of anilines is 1. The molecule has 3 aromatic carbocycles. The molecule has 0 aromatic heterocycles. The van der Waals surface area contributed by atoms with Crippen LogP contribution in [-0.4, -0.2) is 26.0 Å². The van der Waals surface area contributed by atoms with Crippen molar-refractivity contribution in [2.24, 2.45) is 23.7 Å². The molecule has 2 bridgehead atoms. The molecule has 3 aliphatic rings. The number of hydrogen-bond acceptors (Lipinski definition) is 4. The Labute approximate surface area is 233 Å². The number of allylic oxidation sites excluding steroid dienone is 3. The zero-order chi connectivity index (χ0) is 28.3. The maximum Gasteiger partial charge on any atom is 0.416 e. The molecule has 5 nitrogen and oxygen atoms in total. The second kappa shape index (κ2) is 9.55. The highest BCUT2D eigenvalue weighted by Crippen LogP contribution is 2.59. The van der Waals surface area contributed by atoms with Crippen LogP contribution in [0.2, 0.25) is 5.02 Å². The number of amides is 2. The fraction of sp³-hybridized carbons (Fsp3) is 0.226. The number of alkyl halides is 3. The summed E-state index contributed by atoms with van der Waals surface area (Å²) in [6.07, 6.45) is -0.795. The highest BCUT2D eigenvalue weighted by atomic mass is 35.5. The molecular formula is C31H23ClF3NO4. The Balaban J connectivity index is 1.46. The number of hydrogen-bond donors (Lipinski definition) is 0. The van der Waals surface area contributed by atoms with Gasteiger partial charge in [-0.1, -0.05) is 48.0 Å². The van der Waals surface area contributed by atoms with E-state index in [1.54, 1.807) is 14.2 Å². The quantitative estimate of drug-likeness (QED) is 0.252. The van der Waals surface area contributed by atoms with Crippen LogP contribution in [0.4, 0.5) is 18.9 Å². The van der Waals surface area contributed by atoms with Crippen molar-refractivity contribution in [2.75, 3.05) is 19.1 Å². The van der Waals surface area contributed by atoms with Crippen LogP contribution in [0.3, 0.4) is 0 Å². The van der Waals surface area contributed by atoms with E-state index in [-0.39, 0.29) is 10.7 Å². The van der Waals surface area contributed by atoms with Crippen LogP contribution in [0.1, 0.15) is 16.7 Å². The van der Waals surface area contributed by atoms with Crippen LogP contribution >= 0.6 is 11.6 Å². The number of imide groups is 1. The second-order valence-electron chi connectivity index (χ2n) is 9.95. The van der Waals surface area contributed by atoms with Crippen molar-refractivity contribution in [3.05, 3.63) is 106 Å². The van der Waals surface area contributed by atoms with Crippen LogP contribution in [0.15, 0.2) is 84.5 Å². The lowest BCUT2D eigenvalue weighted by Crippen LogP contribution is -2.33. The molecule has 0 N–H and O–H groups in total. The number of carbonyl (C=O) groups is 2. The molecule has 6 rings (SSSR count). The third kappa shape index (κ3) is 4.01. The molecule has 2 aliphatic carbocycles. The predicted octanol–water partition coefficient (Wildman–Crippen LogP) is 6.80. The van der Waals surface area contributed by atoms with Gasteiger partial charge in [-0.3, -0.25) is 9.59 Å². The maximum atomic E-state index is 13.8. The lowest BCUT2D eigenvalue weighted by Gasteiger charge is -2.23. The molecule has 2 amide bonds. The van der Waals surface area contributed by atoms with E-state index in [9.17, 15) is 22.8 Å². The Morgan fingerprint density at radius 1 is 0.775 bits per heavy atom. The third-order valence-corrected chi connectivity index (χ3v) is 8.30. The Kier molecular flexibility index (Phi) is 6.26. The minimum Gasteiger partial charge on any atom is -0.497 e. The third-order valence-electron chi connectivity index (χ3n) is 7.98. The molecule has 3 aromatic rings. The van der Waals surface area contributed by atoms with Crippen molar-refractivity contribution in [1.82, 2.24) is 0 Å². The van der Waals surface area contributed by atoms with Gasteiger partial charge in [0.15, 0.2) is 0 Å². The minimum atomic E-state index is -4.65. The van der Waals surface area contributed by atoms with E-state index >= 15 is 0 Å². The Bertz CT molecular complexity index is 1490. The molecule has 0 radical (unpaired) electrons. The van der Waals surface area contributed by atoms with E-state index < -0.39 is 47.2 Å². The highest BCUT2D eigenvalue weighted by molar-refractivity contribution is 6.36. The van der Waals surface area contributed by atoms with Crippen molar-refractivity contribution in [2.45, 2.75) is 6.18 Å². The molecule has 1 aliphatic heterocycles. The van der Waals surface area contributed by atoms with Crippen molar-refractivity contribution in [3.8, 4) is 11.5 Å². The fourth-order valence-electron chi connectivity index (χ4n) is 6.21. The molecule has 40 heavy (non-hydrogen) atoms. The Hall–Kier alpha value is -4.04. The average Bonchev–Trinajstić information content (AvgIpc) is 3.58. The topological polar surface area (TPSA) is 55.8 Å². The molecule has 9 heteroatoms. The lowest BCUT2D eigenvalue weighted by atomic mass is 9.85. The van der Waals surface area contributed by atoms with Gasteiger partial charge in [-0.2, -0.15) is 13.2 Å². The van der Waals surface area contributed by atoms with Gasteiger partial charge in [-0.05, 0) is 64.7 Å². The van der Waals surface area contributed by atoms with E-state index in [4.69, 9.17) is 21.1 Å². The van der Waals surface area contributed by atoms with E-state index in [1.807, 2.05) is 60.7 Å². The van der Waals surface area contributed by atoms with Crippen molar-refractivity contribution < 1.29 is 32.2 Å². The highest BCUT2D eigenvalue weighted by Gasteiger charge is 2.62. The number of benzene rings is 3. The van der Waals surface area contributed by atoms with Crippen LogP contribution < -0.4 is 14.4 Å². The number of nitrogens with zero attached hydrogens (tertiary/aromatic N) is 1. The molecular weight excluding hydrogens is 543 g/mol. The standard InChI is InChI=1S/C31H23ClF3NO4/c1-39-19-8-3-16(4-9-19)25(17-5-10-20(40-2)11-6-17)26-21-12-13-22(26)28-27(21)29(37)36(30(28)38)24-15-18(31(33,34)35)7-14-23(24)32/h3-15,21-22,27-28H,1-2H3/t21-,22-,27-,28-/m1/s1. The van der Waals surface area contributed by atoms with E-state index in [0.29, 0.717) is 11.5 Å². The zero-order valence-corrected chi connectivity index (χ0v) is 22.2. The number of methoxy groups -OCH3 is 2. The van der Waals surface area contributed by atoms with Crippen molar-refractivity contribution in [1.29, 1.82) is 0 Å². The number of rotatable bonds is 5. The van der Waals surface area contributed by atoms with Gasteiger partial charge in [0.25, 0.3) is 0 Å². The minimum absolute atomic E-state index is 0.0945. The summed E-state index contributed by atoms with van der Waals surface area (Å²) in [6, 6.07) is 17.8. The molecule has 1 saturated heterocycles. The summed E-state index contributed by atoms with van der Waals surface area (Å²) in [6.45, 7) is 0. The van der Waals surface area contributed by atoms with Gasteiger partial charge in [0.2, 0.25) is 11.8 Å². The van der Waals surface area contributed by atoms with Crippen LogP contribution in [0.5, 0.6) is 11.5 Å². The van der Waals surface area contributed by atoms with E-state index in [2.05, 4.69) is 0 Å². The number of ether oxygens (including phenoxy) is 2. The monoisotopic (exact) mass is 565 g/mol. The molecule has 1 saturated carbocycles. The molecule has 1 heterocycles. The predicted molar refractivity (Wildman–Crippen MR) is 144 cm³/mol. The Morgan fingerprint density at radius 2 is 1.25 bits per heavy atom. The van der Waals surface area contributed by atoms with E-state index in [0.717, 1.165) is 45.4 Å².